The zero-order valence-electron chi connectivity index (χ0n) is 19.6. The molecule has 176 valence electrons. The summed E-state index contributed by atoms with van der Waals surface area (Å²) in [7, 11) is 0. The molecule has 2 aromatic heterocycles. The third-order valence-electron chi connectivity index (χ3n) is 7.20. The van der Waals surface area contributed by atoms with Gasteiger partial charge in [-0.15, -0.1) is 0 Å². The van der Waals surface area contributed by atoms with Crippen LogP contribution in [0.1, 0.15) is 41.4 Å². The van der Waals surface area contributed by atoms with E-state index in [1.807, 2.05) is 62.4 Å². The van der Waals surface area contributed by atoms with Crippen molar-refractivity contribution >= 4 is 11.8 Å². The number of fused-ring (bicyclic) bond motifs is 2. The van der Waals surface area contributed by atoms with Crippen LogP contribution in [0, 0.1) is 13.8 Å². The monoisotopic (exact) mass is 466 g/mol. The Balaban J connectivity index is 1.33. The van der Waals surface area contributed by atoms with E-state index >= 15 is 0 Å². The summed E-state index contributed by atoms with van der Waals surface area (Å²) >= 11 is 0. The normalized spacial score (nSPS) is 19.4. The second-order valence-corrected chi connectivity index (χ2v) is 9.35. The summed E-state index contributed by atoms with van der Waals surface area (Å²) < 4.78 is 1.71. The number of rotatable bonds is 4. The number of amides is 2. The first kappa shape index (κ1) is 21.5. The van der Waals surface area contributed by atoms with Gasteiger partial charge >= 0.3 is 6.03 Å². The van der Waals surface area contributed by atoms with E-state index in [2.05, 4.69) is 26.7 Å². The molecule has 8 nitrogen and oxygen atoms in total. The van der Waals surface area contributed by atoms with Crippen LogP contribution in [0.2, 0.25) is 0 Å². The zero-order valence-corrected chi connectivity index (χ0v) is 19.6. The Hall–Kier alpha value is -4.04. The maximum Gasteiger partial charge on any atom is 0.320 e. The van der Waals surface area contributed by atoms with E-state index in [0.29, 0.717) is 17.3 Å². The van der Waals surface area contributed by atoms with Crippen LogP contribution in [0.3, 0.4) is 0 Å². The lowest BCUT2D eigenvalue weighted by Gasteiger charge is -2.21. The Morgan fingerprint density at radius 1 is 1.03 bits per heavy atom. The molecule has 0 radical (unpaired) electrons. The average molecular weight is 467 g/mol. The van der Waals surface area contributed by atoms with Crippen molar-refractivity contribution in [3.8, 4) is 16.9 Å². The minimum absolute atomic E-state index is 0.227. The smallest absolute Gasteiger partial charge is 0.320 e. The summed E-state index contributed by atoms with van der Waals surface area (Å²) in [6, 6.07) is 16.8. The Labute approximate surface area is 203 Å². The molecular formula is C27H26N6O2. The highest BCUT2D eigenvalue weighted by atomic mass is 16.3. The third-order valence-corrected chi connectivity index (χ3v) is 7.20. The molecule has 0 bridgehead atoms. The summed E-state index contributed by atoms with van der Waals surface area (Å²) in [4.78, 5) is 21.9. The Bertz CT molecular complexity index is 1410. The van der Waals surface area contributed by atoms with Gasteiger partial charge in [0, 0.05) is 28.9 Å². The van der Waals surface area contributed by atoms with Gasteiger partial charge < -0.3 is 10.4 Å². The minimum Gasteiger partial charge on any atom is -0.390 e. The molecule has 2 aliphatic rings. The first-order valence-corrected chi connectivity index (χ1v) is 11.8. The van der Waals surface area contributed by atoms with Crippen molar-refractivity contribution in [3.05, 3.63) is 89.5 Å². The molecule has 3 N–H and O–H groups in total. The molecule has 2 heterocycles. The van der Waals surface area contributed by atoms with Crippen LogP contribution in [-0.2, 0) is 5.41 Å². The fourth-order valence-corrected chi connectivity index (χ4v) is 5.20. The number of urea groups is 1. The highest BCUT2D eigenvalue weighted by molar-refractivity contribution is 5.91. The number of nitrogens with zero attached hydrogens (tertiary/aromatic N) is 4. The molecule has 0 unspecified atom stereocenters. The summed E-state index contributed by atoms with van der Waals surface area (Å²) in [5.74, 6) is 1.22. The van der Waals surface area contributed by atoms with Crippen molar-refractivity contribution in [2.45, 2.75) is 44.2 Å². The van der Waals surface area contributed by atoms with Gasteiger partial charge in [-0.05, 0) is 49.9 Å². The number of hydrogen-bond donors (Lipinski definition) is 3. The van der Waals surface area contributed by atoms with Gasteiger partial charge in [0.2, 0.25) is 0 Å². The van der Waals surface area contributed by atoms with Gasteiger partial charge in [-0.1, -0.05) is 42.5 Å². The van der Waals surface area contributed by atoms with E-state index in [9.17, 15) is 9.90 Å². The number of carbonyl (C=O) groups is 1. The van der Waals surface area contributed by atoms with Crippen LogP contribution in [0.25, 0.3) is 16.9 Å². The lowest BCUT2D eigenvalue weighted by atomic mass is 9.97. The van der Waals surface area contributed by atoms with E-state index < -0.39 is 18.2 Å². The number of hydrogen-bond acceptors (Lipinski definition) is 5. The molecule has 1 saturated carbocycles. The van der Waals surface area contributed by atoms with E-state index in [1.54, 1.807) is 17.1 Å². The number of aliphatic hydroxyl groups excluding tert-OH is 1. The van der Waals surface area contributed by atoms with Gasteiger partial charge in [0.25, 0.3) is 0 Å². The van der Waals surface area contributed by atoms with Crippen LogP contribution in [-0.4, -0.2) is 37.0 Å². The van der Waals surface area contributed by atoms with Gasteiger partial charge in [0.15, 0.2) is 0 Å². The number of aliphatic hydroxyl groups is 1. The van der Waals surface area contributed by atoms with Gasteiger partial charge in [-0.3, -0.25) is 5.32 Å². The van der Waals surface area contributed by atoms with E-state index in [0.717, 1.165) is 40.8 Å². The molecule has 0 saturated heterocycles. The number of carbonyl (C=O) groups excluding carboxylic acids is 1. The number of anilines is 1. The van der Waals surface area contributed by atoms with Crippen molar-refractivity contribution in [1.82, 2.24) is 25.1 Å². The molecule has 4 aromatic rings. The predicted molar refractivity (Wildman–Crippen MR) is 132 cm³/mol. The molecular weight excluding hydrogens is 440 g/mol. The molecule has 6 rings (SSSR count). The summed E-state index contributed by atoms with van der Waals surface area (Å²) in [6.07, 6.45) is 4.70. The maximum atomic E-state index is 13.3. The van der Waals surface area contributed by atoms with E-state index in [-0.39, 0.29) is 5.41 Å². The van der Waals surface area contributed by atoms with Crippen LogP contribution in [0.5, 0.6) is 0 Å². The van der Waals surface area contributed by atoms with E-state index in [1.165, 1.54) is 0 Å². The first-order valence-electron chi connectivity index (χ1n) is 11.8. The molecule has 2 amide bonds. The van der Waals surface area contributed by atoms with E-state index in [4.69, 9.17) is 5.10 Å². The summed E-state index contributed by atoms with van der Waals surface area (Å²) in [5, 5.41) is 21.9. The average Bonchev–Trinajstić information content (AvgIpc) is 3.58. The Morgan fingerprint density at radius 3 is 2.43 bits per heavy atom. The van der Waals surface area contributed by atoms with Crippen molar-refractivity contribution in [1.29, 1.82) is 0 Å². The SMILES string of the molecule is Cc1ncc(-c2nn(-c3ccccc3)c(NC(=O)N[C@@H]3c4ccccc4C4(CC4)[C@H]3O)c2C)cn1. The fraction of sp³-hybridized carbons (Fsp3) is 0.259. The molecule has 2 aromatic carbocycles. The first-order chi connectivity index (χ1) is 17.0. The second kappa shape index (κ2) is 8.02. The van der Waals surface area contributed by atoms with Crippen LogP contribution < -0.4 is 10.6 Å². The fourth-order valence-electron chi connectivity index (χ4n) is 5.20. The molecule has 2 atom stereocenters. The van der Waals surface area contributed by atoms with Crippen molar-refractivity contribution in [2.75, 3.05) is 5.32 Å². The maximum absolute atomic E-state index is 13.3. The number of benzene rings is 2. The lowest BCUT2D eigenvalue weighted by molar-refractivity contribution is 0.109. The predicted octanol–water partition coefficient (Wildman–Crippen LogP) is 4.22. The van der Waals surface area contributed by atoms with Gasteiger partial charge in [0.05, 0.1) is 17.8 Å². The number of para-hydroxylation sites is 1. The second-order valence-electron chi connectivity index (χ2n) is 9.35. The van der Waals surface area contributed by atoms with Crippen molar-refractivity contribution in [3.63, 3.8) is 0 Å². The highest BCUT2D eigenvalue weighted by Crippen LogP contribution is 2.59. The topological polar surface area (TPSA) is 105 Å². The van der Waals surface area contributed by atoms with Gasteiger partial charge in [0.1, 0.15) is 17.3 Å². The largest absolute Gasteiger partial charge is 0.390 e. The lowest BCUT2D eigenvalue weighted by Crippen LogP contribution is -2.39. The number of aryl methyl sites for hydroxylation is 1. The molecule has 8 heteroatoms. The third kappa shape index (κ3) is 3.49. The molecule has 1 fully saturated rings. The van der Waals surface area contributed by atoms with Gasteiger partial charge in [-0.25, -0.2) is 19.4 Å². The minimum atomic E-state index is -0.647. The molecule has 2 aliphatic carbocycles. The Kier molecular flexibility index (Phi) is 4.93. The molecule has 0 aliphatic heterocycles. The van der Waals surface area contributed by atoms with Crippen molar-refractivity contribution < 1.29 is 9.90 Å². The molecule has 35 heavy (non-hydrogen) atoms. The van der Waals surface area contributed by atoms with Crippen LogP contribution in [0.4, 0.5) is 10.6 Å². The highest BCUT2D eigenvalue weighted by Gasteiger charge is 2.59. The summed E-state index contributed by atoms with van der Waals surface area (Å²) in [5.41, 5.74) is 4.96. The quantitative estimate of drug-likeness (QED) is 0.418. The number of nitrogens with one attached hydrogen (secondary N) is 2. The van der Waals surface area contributed by atoms with Crippen LogP contribution >= 0.6 is 0 Å². The summed E-state index contributed by atoms with van der Waals surface area (Å²) in [6.45, 7) is 3.74. The zero-order chi connectivity index (χ0) is 24.2. The van der Waals surface area contributed by atoms with Crippen molar-refractivity contribution in [2.24, 2.45) is 0 Å². The van der Waals surface area contributed by atoms with Crippen LogP contribution in [0.15, 0.2) is 67.0 Å². The molecule has 1 spiro atoms. The number of aromatic nitrogens is 4. The Morgan fingerprint density at radius 2 is 1.71 bits per heavy atom. The van der Waals surface area contributed by atoms with Gasteiger partial charge in [-0.2, -0.15) is 5.10 Å². The standard InChI is InChI=1S/C27H26N6O2/c1-16-22(18-14-28-17(2)29-15-18)32-33(19-8-4-3-5-9-19)25(16)31-26(35)30-23-20-10-6-7-11-21(20)27(12-13-27)24(23)34/h3-11,14-15,23-24,34H,12-13H2,1-2H3,(H2,30,31,35)/t23-,24+/m1/s1.